The molecule has 2 fully saturated rings. The van der Waals surface area contributed by atoms with Crippen LogP contribution in [0.15, 0.2) is 11.8 Å². The van der Waals surface area contributed by atoms with E-state index in [-0.39, 0.29) is 33.9 Å². The fraction of sp³-hybridized carbons (Fsp3) is 0.833. The molecule has 5 heteroatoms. The normalized spacial score (nSPS) is 38.6. The van der Waals surface area contributed by atoms with E-state index >= 15 is 0 Å². The summed E-state index contributed by atoms with van der Waals surface area (Å²) < 4.78 is 0. The maximum Gasteiger partial charge on any atom is 0.238 e. The van der Waals surface area contributed by atoms with Crippen LogP contribution in [0.5, 0.6) is 0 Å². The summed E-state index contributed by atoms with van der Waals surface area (Å²) in [6.07, 6.45) is 8.37. The van der Waals surface area contributed by atoms with Gasteiger partial charge in [-0.3, -0.25) is 15.0 Å². The molecule has 29 heavy (non-hydrogen) atoms. The summed E-state index contributed by atoms with van der Waals surface area (Å²) in [5, 5.41) is 11.2. The number of carbonyl (C=O) groups excluding carboxylic acids is 2. The highest BCUT2D eigenvalue weighted by Gasteiger charge is 2.58. The molecule has 0 heterocycles. The van der Waals surface area contributed by atoms with Gasteiger partial charge in [-0.1, -0.05) is 41.0 Å². The molecular weight excluding hydrogens is 364 g/mol. The highest BCUT2D eigenvalue weighted by atomic mass is 16.3. The first kappa shape index (κ1) is 22.3. The lowest BCUT2D eigenvalue weighted by molar-refractivity contribution is -0.173. The van der Waals surface area contributed by atoms with Crippen LogP contribution >= 0.6 is 0 Å². The van der Waals surface area contributed by atoms with Crippen molar-refractivity contribution in [3.05, 3.63) is 11.8 Å². The number of allylic oxidation sites excluding steroid dienone is 2. The van der Waals surface area contributed by atoms with E-state index in [2.05, 4.69) is 45.5 Å². The van der Waals surface area contributed by atoms with Crippen LogP contribution in [0.2, 0.25) is 0 Å². The molecule has 1 amide bonds. The Morgan fingerprint density at radius 3 is 2.45 bits per heavy atom. The molecule has 3 aliphatic carbocycles. The van der Waals surface area contributed by atoms with E-state index in [1.165, 1.54) is 6.42 Å². The average molecular weight is 405 g/mol. The third-order valence-electron chi connectivity index (χ3n) is 8.17. The molecule has 4 atom stereocenters. The van der Waals surface area contributed by atoms with E-state index in [0.717, 1.165) is 37.8 Å². The van der Waals surface area contributed by atoms with Crippen molar-refractivity contribution < 1.29 is 14.7 Å². The summed E-state index contributed by atoms with van der Waals surface area (Å²) in [6, 6.07) is 0. The number of hydrazine groups is 1. The molecule has 0 unspecified atom stereocenters. The van der Waals surface area contributed by atoms with Crippen molar-refractivity contribution in [3.8, 4) is 0 Å². The van der Waals surface area contributed by atoms with Crippen LogP contribution in [-0.2, 0) is 9.59 Å². The summed E-state index contributed by atoms with van der Waals surface area (Å²) in [5.74, 6) is 0.424. The lowest BCUT2D eigenvalue weighted by Gasteiger charge is -2.61. The molecular formula is C24H40N2O3. The van der Waals surface area contributed by atoms with Crippen molar-refractivity contribution >= 4 is 11.7 Å². The lowest BCUT2D eigenvalue weighted by Crippen LogP contribution is -2.58. The Morgan fingerprint density at radius 1 is 1.10 bits per heavy atom. The molecule has 5 nitrogen and oxygen atoms in total. The van der Waals surface area contributed by atoms with Crippen molar-refractivity contribution in [1.29, 1.82) is 0 Å². The van der Waals surface area contributed by atoms with Gasteiger partial charge in [0.2, 0.25) is 5.91 Å². The number of carbonyl (C=O) groups is 2. The van der Waals surface area contributed by atoms with Crippen LogP contribution < -0.4 is 10.9 Å². The summed E-state index contributed by atoms with van der Waals surface area (Å²) in [4.78, 5) is 24.8. The molecule has 0 radical (unpaired) electrons. The van der Waals surface area contributed by atoms with Crippen molar-refractivity contribution in [2.24, 2.45) is 28.1 Å². The second kappa shape index (κ2) is 7.40. The van der Waals surface area contributed by atoms with Gasteiger partial charge in [0.1, 0.15) is 0 Å². The van der Waals surface area contributed by atoms with Crippen LogP contribution in [0.3, 0.4) is 0 Å². The standard InChI is InChI=1S/C24H40N2O3/c1-21(2)14-16(12-17(27)15-21)25-26-20(28)13-19-23(5)10-7-9-22(3,4)18(23)8-11-24(19,6)29/h12,18-19,25,29H,7-11,13-15H2,1-6H3,(H,26,28)/t18-,19+,23-,24-/m1/s1. The van der Waals surface area contributed by atoms with Gasteiger partial charge < -0.3 is 10.5 Å². The number of hydrogen-bond acceptors (Lipinski definition) is 4. The summed E-state index contributed by atoms with van der Waals surface area (Å²) in [7, 11) is 0. The van der Waals surface area contributed by atoms with E-state index in [1.807, 2.05) is 6.92 Å². The van der Waals surface area contributed by atoms with Crippen LogP contribution in [0.25, 0.3) is 0 Å². The first-order valence-electron chi connectivity index (χ1n) is 11.3. The second-order valence-electron chi connectivity index (χ2n) is 11.9. The van der Waals surface area contributed by atoms with Gasteiger partial charge in [0.05, 0.1) is 5.60 Å². The zero-order valence-electron chi connectivity index (χ0n) is 19.2. The fourth-order valence-electron chi connectivity index (χ4n) is 6.89. The average Bonchev–Trinajstić information content (AvgIpc) is 2.53. The van der Waals surface area contributed by atoms with Gasteiger partial charge >= 0.3 is 0 Å². The summed E-state index contributed by atoms with van der Waals surface area (Å²) in [6.45, 7) is 13.0. The van der Waals surface area contributed by atoms with Gasteiger partial charge in [-0.2, -0.15) is 0 Å². The predicted molar refractivity (Wildman–Crippen MR) is 115 cm³/mol. The topological polar surface area (TPSA) is 78.4 Å². The molecule has 0 aromatic carbocycles. The van der Waals surface area contributed by atoms with Gasteiger partial charge in [0, 0.05) is 30.5 Å². The summed E-state index contributed by atoms with van der Waals surface area (Å²) in [5.41, 5.74) is 5.83. The van der Waals surface area contributed by atoms with Crippen LogP contribution in [0, 0.1) is 28.1 Å². The molecule has 0 saturated heterocycles. The Hall–Kier alpha value is -1.36. The fourth-order valence-corrected chi connectivity index (χ4v) is 6.89. The zero-order chi connectivity index (χ0) is 21.7. The minimum absolute atomic E-state index is 0.0388. The molecule has 0 aliphatic heterocycles. The Kier molecular flexibility index (Phi) is 5.70. The molecule has 164 valence electrons. The van der Waals surface area contributed by atoms with Crippen molar-refractivity contribution in [2.75, 3.05) is 0 Å². The molecule has 0 aromatic heterocycles. The number of hydrogen-bond donors (Lipinski definition) is 3. The largest absolute Gasteiger partial charge is 0.390 e. The minimum atomic E-state index is -0.835. The van der Waals surface area contributed by atoms with E-state index in [9.17, 15) is 14.7 Å². The zero-order valence-corrected chi connectivity index (χ0v) is 19.2. The third-order valence-corrected chi connectivity index (χ3v) is 8.17. The number of nitrogens with one attached hydrogen (secondary N) is 2. The van der Waals surface area contributed by atoms with Gasteiger partial charge in [-0.05, 0) is 61.2 Å². The third kappa shape index (κ3) is 4.55. The molecule has 3 N–H and O–H groups in total. The predicted octanol–water partition coefficient (Wildman–Crippen LogP) is 4.26. The highest BCUT2D eigenvalue weighted by Crippen LogP contribution is 2.62. The van der Waals surface area contributed by atoms with Gasteiger partial charge in [0.25, 0.3) is 0 Å². The van der Waals surface area contributed by atoms with Crippen molar-refractivity contribution in [1.82, 2.24) is 10.9 Å². The molecule has 0 bridgehead atoms. The van der Waals surface area contributed by atoms with Crippen LogP contribution in [0.1, 0.15) is 92.9 Å². The first-order chi connectivity index (χ1) is 13.3. The molecule has 3 rings (SSSR count). The maximum atomic E-state index is 12.9. The number of rotatable bonds is 4. The molecule has 0 aromatic rings. The minimum Gasteiger partial charge on any atom is -0.390 e. The number of fused-ring (bicyclic) bond motifs is 1. The number of amides is 1. The van der Waals surface area contributed by atoms with E-state index in [0.29, 0.717) is 18.8 Å². The quantitative estimate of drug-likeness (QED) is 0.612. The van der Waals surface area contributed by atoms with Gasteiger partial charge in [-0.25, -0.2) is 0 Å². The van der Waals surface area contributed by atoms with Crippen molar-refractivity contribution in [3.63, 3.8) is 0 Å². The SMILES string of the molecule is CC1(C)CC(=O)C=C(NNC(=O)C[C@H]2[C@]3(C)CCCC(C)(C)[C@H]3CC[C@@]2(C)O)C1. The van der Waals surface area contributed by atoms with Crippen molar-refractivity contribution in [2.45, 2.75) is 98.5 Å². The van der Waals surface area contributed by atoms with E-state index < -0.39 is 5.60 Å². The molecule has 0 spiro atoms. The Labute approximate surface area is 176 Å². The highest BCUT2D eigenvalue weighted by molar-refractivity contribution is 5.91. The maximum absolute atomic E-state index is 12.9. The summed E-state index contributed by atoms with van der Waals surface area (Å²) >= 11 is 0. The van der Waals surface area contributed by atoms with Gasteiger partial charge in [-0.15, -0.1) is 0 Å². The van der Waals surface area contributed by atoms with E-state index in [1.54, 1.807) is 6.08 Å². The van der Waals surface area contributed by atoms with E-state index in [4.69, 9.17) is 0 Å². The Morgan fingerprint density at radius 2 is 1.79 bits per heavy atom. The molecule has 2 saturated carbocycles. The first-order valence-corrected chi connectivity index (χ1v) is 11.3. The lowest BCUT2D eigenvalue weighted by atomic mass is 9.45. The Balaban J connectivity index is 1.70. The molecule has 3 aliphatic rings. The smallest absolute Gasteiger partial charge is 0.238 e. The Bertz CT molecular complexity index is 707. The second-order valence-corrected chi connectivity index (χ2v) is 11.9. The van der Waals surface area contributed by atoms with Gasteiger partial charge in [0.15, 0.2) is 5.78 Å². The van der Waals surface area contributed by atoms with Crippen LogP contribution in [-0.4, -0.2) is 22.4 Å². The number of ketones is 1. The number of aliphatic hydroxyl groups is 1. The monoisotopic (exact) mass is 404 g/mol. The van der Waals surface area contributed by atoms with Crippen LogP contribution in [0.4, 0.5) is 0 Å².